The molecule has 152 valence electrons. The molecule has 0 aliphatic carbocycles. The number of hydrogen-bond acceptors (Lipinski definition) is 4. The van der Waals surface area contributed by atoms with Crippen molar-refractivity contribution >= 4 is 45.0 Å². The van der Waals surface area contributed by atoms with Crippen molar-refractivity contribution < 1.29 is 18.8 Å². The van der Waals surface area contributed by atoms with Crippen LogP contribution in [0.15, 0.2) is 46.9 Å². The van der Waals surface area contributed by atoms with Gasteiger partial charge in [-0.2, -0.15) is 0 Å². The second-order valence-electron chi connectivity index (χ2n) is 8.31. The first-order valence-corrected chi connectivity index (χ1v) is 10.8. The molecule has 0 aromatic heterocycles. The summed E-state index contributed by atoms with van der Waals surface area (Å²) in [6, 6.07) is 10.7. The van der Waals surface area contributed by atoms with Gasteiger partial charge in [0, 0.05) is 21.8 Å². The Balaban J connectivity index is 1.56. The molecule has 4 aliphatic rings. The van der Waals surface area contributed by atoms with Crippen LogP contribution in [0.25, 0.3) is 0 Å². The number of fused-ring (bicyclic) bond motifs is 7. The number of amides is 3. The molecule has 3 amide bonds. The minimum atomic E-state index is -1.20. The molecule has 4 aliphatic heterocycles. The van der Waals surface area contributed by atoms with E-state index in [0.717, 1.165) is 27.8 Å². The van der Waals surface area contributed by atoms with Crippen LogP contribution in [0.5, 0.6) is 0 Å². The zero-order valence-electron chi connectivity index (χ0n) is 15.8. The van der Waals surface area contributed by atoms with Gasteiger partial charge in [-0.25, -0.2) is 9.29 Å². The van der Waals surface area contributed by atoms with E-state index in [-0.39, 0.29) is 17.9 Å². The molecule has 2 aromatic carbocycles. The van der Waals surface area contributed by atoms with Gasteiger partial charge in [-0.15, -0.1) is 0 Å². The van der Waals surface area contributed by atoms with E-state index in [1.165, 1.54) is 24.3 Å². The largest absolute Gasteiger partial charge is 0.324 e. The Morgan fingerprint density at radius 3 is 2.60 bits per heavy atom. The SMILES string of the molecule is O=C1[C@@H]2[C@@H]3CCCN3[C@]3(C(=O)Nc4ccc(Br)cc43)[C@H]2C(=O)N1c1ccc(F)cc1. The summed E-state index contributed by atoms with van der Waals surface area (Å²) in [5, 5.41) is 2.95. The Bertz CT molecular complexity index is 1140. The van der Waals surface area contributed by atoms with Crippen LogP contribution in [0.2, 0.25) is 0 Å². The van der Waals surface area contributed by atoms with Crippen LogP contribution < -0.4 is 10.2 Å². The lowest BCUT2D eigenvalue weighted by Crippen LogP contribution is -2.54. The lowest BCUT2D eigenvalue weighted by Gasteiger charge is -2.36. The molecule has 3 saturated heterocycles. The van der Waals surface area contributed by atoms with Gasteiger partial charge in [0.25, 0.3) is 0 Å². The van der Waals surface area contributed by atoms with Crippen molar-refractivity contribution in [2.45, 2.75) is 24.4 Å². The van der Waals surface area contributed by atoms with E-state index in [0.29, 0.717) is 17.9 Å². The molecule has 4 heterocycles. The molecule has 4 atom stereocenters. The average molecular weight is 470 g/mol. The van der Waals surface area contributed by atoms with Crippen molar-refractivity contribution in [2.75, 3.05) is 16.8 Å². The van der Waals surface area contributed by atoms with Gasteiger partial charge >= 0.3 is 0 Å². The highest BCUT2D eigenvalue weighted by Gasteiger charge is 2.74. The van der Waals surface area contributed by atoms with Gasteiger partial charge in [-0.05, 0) is 61.9 Å². The molecule has 0 unspecified atom stereocenters. The fraction of sp³-hybridized carbons (Fsp3) is 0.318. The predicted octanol–water partition coefficient (Wildman–Crippen LogP) is 3.02. The Labute approximate surface area is 180 Å². The average Bonchev–Trinajstić information content (AvgIpc) is 3.42. The normalized spacial score (nSPS) is 32.0. The van der Waals surface area contributed by atoms with Crippen LogP contribution in [-0.4, -0.2) is 35.2 Å². The third kappa shape index (κ3) is 2.03. The van der Waals surface area contributed by atoms with Crippen LogP contribution in [0.3, 0.4) is 0 Å². The number of nitrogens with zero attached hydrogens (tertiary/aromatic N) is 2. The van der Waals surface area contributed by atoms with Crippen molar-refractivity contribution in [1.82, 2.24) is 4.90 Å². The standard InChI is InChI=1S/C22H17BrFN3O3/c23-11-3-8-15-14(10-11)22(21(30)25-15)18-17(16-2-1-9-26(16)22)19(28)27(20(18)29)13-6-4-12(24)5-7-13/h3-8,10,16-18H,1-2,9H2,(H,25,30)/t16-,17+,18+,22-/m0/s1. The van der Waals surface area contributed by atoms with Crippen molar-refractivity contribution in [3.63, 3.8) is 0 Å². The first kappa shape index (κ1) is 18.2. The monoisotopic (exact) mass is 469 g/mol. The highest BCUT2D eigenvalue weighted by molar-refractivity contribution is 9.10. The minimum absolute atomic E-state index is 0.174. The Kier molecular flexibility index (Phi) is 3.63. The molecule has 2 aromatic rings. The van der Waals surface area contributed by atoms with Gasteiger partial charge < -0.3 is 5.32 Å². The number of anilines is 2. The van der Waals surface area contributed by atoms with Crippen LogP contribution >= 0.6 is 15.9 Å². The zero-order valence-corrected chi connectivity index (χ0v) is 17.4. The fourth-order valence-corrected chi connectivity index (χ4v) is 6.38. The van der Waals surface area contributed by atoms with E-state index >= 15 is 0 Å². The van der Waals surface area contributed by atoms with E-state index in [9.17, 15) is 18.8 Å². The summed E-state index contributed by atoms with van der Waals surface area (Å²) in [6.07, 6.45) is 1.63. The highest BCUT2D eigenvalue weighted by Crippen LogP contribution is 2.60. The molecule has 8 heteroatoms. The molecular formula is C22H17BrFN3O3. The quantitative estimate of drug-likeness (QED) is 0.651. The maximum Gasteiger partial charge on any atom is 0.250 e. The van der Waals surface area contributed by atoms with E-state index in [1.54, 1.807) is 0 Å². The van der Waals surface area contributed by atoms with E-state index < -0.39 is 29.1 Å². The number of imide groups is 1. The van der Waals surface area contributed by atoms with Gasteiger partial charge in [-0.3, -0.25) is 19.3 Å². The Hall–Kier alpha value is -2.58. The molecule has 1 spiro atoms. The van der Waals surface area contributed by atoms with Crippen molar-refractivity contribution in [3.05, 3.63) is 58.3 Å². The van der Waals surface area contributed by atoms with Crippen molar-refractivity contribution in [2.24, 2.45) is 11.8 Å². The second-order valence-corrected chi connectivity index (χ2v) is 9.22. The summed E-state index contributed by atoms with van der Waals surface area (Å²) in [5.74, 6) is -2.80. The van der Waals surface area contributed by atoms with E-state index in [4.69, 9.17) is 0 Å². The van der Waals surface area contributed by atoms with E-state index in [1.807, 2.05) is 18.2 Å². The predicted molar refractivity (Wildman–Crippen MR) is 110 cm³/mol. The van der Waals surface area contributed by atoms with Gasteiger partial charge in [-0.1, -0.05) is 15.9 Å². The van der Waals surface area contributed by atoms with Gasteiger partial charge in [0.2, 0.25) is 17.7 Å². The van der Waals surface area contributed by atoms with Crippen molar-refractivity contribution in [1.29, 1.82) is 0 Å². The van der Waals surface area contributed by atoms with Gasteiger partial charge in [0.05, 0.1) is 17.5 Å². The maximum atomic E-state index is 13.7. The smallest absolute Gasteiger partial charge is 0.250 e. The zero-order chi connectivity index (χ0) is 20.8. The number of benzene rings is 2. The number of halogens is 2. The van der Waals surface area contributed by atoms with Gasteiger partial charge in [0.15, 0.2) is 0 Å². The van der Waals surface area contributed by atoms with Crippen LogP contribution in [0, 0.1) is 17.7 Å². The third-order valence-corrected chi connectivity index (χ3v) is 7.53. The fourth-order valence-electron chi connectivity index (χ4n) is 6.02. The molecule has 0 saturated carbocycles. The lowest BCUT2D eigenvalue weighted by atomic mass is 9.75. The Morgan fingerprint density at radius 1 is 1.07 bits per heavy atom. The summed E-state index contributed by atoms with van der Waals surface area (Å²) in [6.45, 7) is 0.661. The molecule has 6 rings (SSSR count). The number of rotatable bonds is 1. The maximum absolute atomic E-state index is 13.7. The molecule has 6 nitrogen and oxygen atoms in total. The van der Waals surface area contributed by atoms with Crippen LogP contribution in [0.4, 0.5) is 15.8 Å². The molecule has 3 fully saturated rings. The van der Waals surface area contributed by atoms with Crippen LogP contribution in [-0.2, 0) is 19.9 Å². The number of carbonyl (C=O) groups is 3. The number of hydrogen-bond donors (Lipinski definition) is 1. The Morgan fingerprint density at radius 2 is 1.83 bits per heavy atom. The summed E-state index contributed by atoms with van der Waals surface area (Å²) in [4.78, 5) is 43.9. The minimum Gasteiger partial charge on any atom is -0.324 e. The third-order valence-electron chi connectivity index (χ3n) is 7.04. The van der Waals surface area contributed by atoms with E-state index in [2.05, 4.69) is 26.1 Å². The first-order chi connectivity index (χ1) is 14.4. The molecule has 0 radical (unpaired) electrons. The molecular weight excluding hydrogens is 453 g/mol. The summed E-state index contributed by atoms with van der Waals surface area (Å²) >= 11 is 3.49. The molecule has 30 heavy (non-hydrogen) atoms. The topological polar surface area (TPSA) is 69.7 Å². The van der Waals surface area contributed by atoms with Crippen LogP contribution in [0.1, 0.15) is 18.4 Å². The molecule has 1 N–H and O–H groups in total. The molecule has 0 bridgehead atoms. The summed E-state index contributed by atoms with van der Waals surface area (Å²) < 4.78 is 14.2. The highest BCUT2D eigenvalue weighted by atomic mass is 79.9. The second kappa shape index (κ2) is 5.98. The number of carbonyl (C=O) groups excluding carboxylic acids is 3. The first-order valence-electron chi connectivity index (χ1n) is 9.96. The summed E-state index contributed by atoms with van der Waals surface area (Å²) in [5.41, 5.74) is 0.554. The number of nitrogens with one attached hydrogen (secondary N) is 1. The van der Waals surface area contributed by atoms with Crippen molar-refractivity contribution in [3.8, 4) is 0 Å². The lowest BCUT2D eigenvalue weighted by molar-refractivity contribution is -0.135. The van der Waals surface area contributed by atoms with Gasteiger partial charge in [0.1, 0.15) is 11.4 Å². The summed E-state index contributed by atoms with van der Waals surface area (Å²) in [7, 11) is 0.